The number of benzene rings is 1. The van der Waals surface area contributed by atoms with Crippen molar-refractivity contribution in [2.45, 2.75) is 18.8 Å². The van der Waals surface area contributed by atoms with Crippen molar-refractivity contribution in [3.05, 3.63) is 35.4 Å². The lowest BCUT2D eigenvalue weighted by molar-refractivity contribution is -0.165. The van der Waals surface area contributed by atoms with Gasteiger partial charge in [0.2, 0.25) is 0 Å². The van der Waals surface area contributed by atoms with E-state index in [1.807, 2.05) is 0 Å². The van der Waals surface area contributed by atoms with Crippen molar-refractivity contribution in [1.82, 2.24) is 10.2 Å². The van der Waals surface area contributed by atoms with Crippen LogP contribution in [0.3, 0.4) is 0 Å². The summed E-state index contributed by atoms with van der Waals surface area (Å²) in [5.41, 5.74) is 2.94. The Morgan fingerprint density at radius 3 is 3.21 bits per heavy atom. The minimum Gasteiger partial charge on any atom is -0.355 e. The molecule has 1 saturated heterocycles. The fourth-order valence-electron chi connectivity index (χ4n) is 2.99. The third-order valence-corrected chi connectivity index (χ3v) is 4.04. The molecule has 2 aliphatic rings. The molecule has 4 nitrogen and oxygen atoms in total. The van der Waals surface area contributed by atoms with Crippen LogP contribution in [0.15, 0.2) is 24.3 Å². The van der Waals surface area contributed by atoms with E-state index in [0.717, 1.165) is 39.2 Å². The van der Waals surface area contributed by atoms with E-state index in [9.17, 15) is 0 Å². The van der Waals surface area contributed by atoms with Crippen molar-refractivity contribution in [3.8, 4) is 0 Å². The molecule has 1 N–H and O–H groups in total. The van der Waals surface area contributed by atoms with Gasteiger partial charge in [-0.05, 0) is 24.1 Å². The maximum atomic E-state index is 5.53. The molecule has 1 aromatic rings. The van der Waals surface area contributed by atoms with E-state index < -0.39 is 0 Å². The molecular formula is C15H22N2O2. The standard InChI is InChI=1S/C15H22N2O2/c1-18-15-11-17(8-9-19-15)10-14-13-5-3-2-4-12(13)6-7-16-14/h2-5,14-16H,6-11H2,1H3. The molecule has 1 aromatic carbocycles. The van der Waals surface area contributed by atoms with Crippen LogP contribution in [0.25, 0.3) is 0 Å². The summed E-state index contributed by atoms with van der Waals surface area (Å²) in [6.45, 7) is 4.70. The van der Waals surface area contributed by atoms with E-state index >= 15 is 0 Å². The van der Waals surface area contributed by atoms with Crippen LogP contribution in [0, 0.1) is 0 Å². The van der Waals surface area contributed by atoms with Crippen LogP contribution >= 0.6 is 0 Å². The second kappa shape index (κ2) is 6.01. The summed E-state index contributed by atoms with van der Waals surface area (Å²) in [5, 5.41) is 3.63. The highest BCUT2D eigenvalue weighted by Gasteiger charge is 2.25. The van der Waals surface area contributed by atoms with Crippen molar-refractivity contribution < 1.29 is 9.47 Å². The van der Waals surface area contributed by atoms with Gasteiger partial charge in [0, 0.05) is 32.8 Å². The van der Waals surface area contributed by atoms with Gasteiger partial charge in [0.05, 0.1) is 6.61 Å². The zero-order chi connectivity index (χ0) is 13.1. The topological polar surface area (TPSA) is 33.7 Å². The molecule has 0 saturated carbocycles. The fraction of sp³-hybridized carbons (Fsp3) is 0.600. The molecule has 104 valence electrons. The van der Waals surface area contributed by atoms with E-state index in [-0.39, 0.29) is 6.29 Å². The molecule has 4 heteroatoms. The third kappa shape index (κ3) is 2.98. The smallest absolute Gasteiger partial charge is 0.169 e. The van der Waals surface area contributed by atoms with Crippen molar-refractivity contribution in [1.29, 1.82) is 0 Å². The Morgan fingerprint density at radius 1 is 1.42 bits per heavy atom. The van der Waals surface area contributed by atoms with Crippen LogP contribution < -0.4 is 5.32 Å². The predicted octanol–water partition coefficient (Wildman–Crippen LogP) is 1.18. The quantitative estimate of drug-likeness (QED) is 0.887. The van der Waals surface area contributed by atoms with E-state index in [1.165, 1.54) is 11.1 Å². The van der Waals surface area contributed by atoms with Gasteiger partial charge in [-0.1, -0.05) is 24.3 Å². The maximum Gasteiger partial charge on any atom is 0.169 e. The summed E-state index contributed by atoms with van der Waals surface area (Å²) in [4.78, 5) is 2.43. The van der Waals surface area contributed by atoms with Gasteiger partial charge in [0.1, 0.15) is 0 Å². The van der Waals surface area contributed by atoms with Gasteiger partial charge in [-0.15, -0.1) is 0 Å². The normalized spacial score (nSPS) is 28.1. The highest BCUT2D eigenvalue weighted by molar-refractivity contribution is 5.32. The number of rotatable bonds is 3. The lowest BCUT2D eigenvalue weighted by Gasteiger charge is -2.36. The van der Waals surface area contributed by atoms with Gasteiger partial charge < -0.3 is 14.8 Å². The number of fused-ring (bicyclic) bond motifs is 1. The maximum absolute atomic E-state index is 5.53. The predicted molar refractivity (Wildman–Crippen MR) is 74.1 cm³/mol. The number of ether oxygens (including phenoxy) is 2. The Hall–Kier alpha value is -0.940. The van der Waals surface area contributed by atoms with Gasteiger partial charge >= 0.3 is 0 Å². The average Bonchev–Trinajstić information content (AvgIpc) is 2.48. The first-order chi connectivity index (χ1) is 9.36. The van der Waals surface area contributed by atoms with Gasteiger partial charge in [-0.3, -0.25) is 4.90 Å². The minimum atomic E-state index is -0.0763. The Labute approximate surface area is 114 Å². The molecule has 2 unspecified atom stereocenters. The SMILES string of the molecule is COC1CN(CC2NCCc3ccccc32)CCO1. The summed E-state index contributed by atoms with van der Waals surface area (Å²) in [7, 11) is 1.71. The fourth-order valence-corrected chi connectivity index (χ4v) is 2.99. The summed E-state index contributed by atoms with van der Waals surface area (Å²) >= 11 is 0. The van der Waals surface area contributed by atoms with Crippen LogP contribution in [0.5, 0.6) is 0 Å². The number of nitrogens with zero attached hydrogens (tertiary/aromatic N) is 1. The molecule has 0 spiro atoms. The molecule has 19 heavy (non-hydrogen) atoms. The molecule has 3 rings (SSSR count). The van der Waals surface area contributed by atoms with Crippen LogP contribution in [0.4, 0.5) is 0 Å². The summed E-state index contributed by atoms with van der Waals surface area (Å²) in [6.07, 6.45) is 1.06. The summed E-state index contributed by atoms with van der Waals surface area (Å²) < 4.78 is 10.8. The van der Waals surface area contributed by atoms with Crippen molar-refractivity contribution in [2.75, 3.05) is 39.9 Å². The number of hydrogen-bond donors (Lipinski definition) is 1. The number of nitrogens with one attached hydrogen (secondary N) is 1. The van der Waals surface area contributed by atoms with Gasteiger partial charge in [0.15, 0.2) is 6.29 Å². The molecule has 2 atom stereocenters. The average molecular weight is 262 g/mol. The second-order valence-corrected chi connectivity index (χ2v) is 5.25. The summed E-state index contributed by atoms with van der Waals surface area (Å²) in [5.74, 6) is 0. The van der Waals surface area contributed by atoms with Gasteiger partial charge in [-0.25, -0.2) is 0 Å². The molecule has 1 fully saturated rings. The Morgan fingerprint density at radius 2 is 2.32 bits per heavy atom. The zero-order valence-electron chi connectivity index (χ0n) is 11.5. The lowest BCUT2D eigenvalue weighted by Crippen LogP contribution is -2.47. The van der Waals surface area contributed by atoms with Crippen LogP contribution in [-0.2, 0) is 15.9 Å². The largest absolute Gasteiger partial charge is 0.355 e. The lowest BCUT2D eigenvalue weighted by atomic mass is 9.94. The van der Waals surface area contributed by atoms with Crippen molar-refractivity contribution >= 4 is 0 Å². The van der Waals surface area contributed by atoms with Crippen LogP contribution in [0.2, 0.25) is 0 Å². The molecule has 0 radical (unpaired) electrons. The molecular weight excluding hydrogens is 240 g/mol. The zero-order valence-corrected chi connectivity index (χ0v) is 11.5. The Kier molecular flexibility index (Phi) is 4.13. The van der Waals surface area contributed by atoms with Crippen molar-refractivity contribution in [3.63, 3.8) is 0 Å². The molecule has 0 aliphatic carbocycles. The van der Waals surface area contributed by atoms with E-state index in [1.54, 1.807) is 7.11 Å². The highest BCUT2D eigenvalue weighted by atomic mass is 16.7. The van der Waals surface area contributed by atoms with E-state index in [2.05, 4.69) is 34.5 Å². The first kappa shape index (κ1) is 13.1. The number of morpholine rings is 1. The van der Waals surface area contributed by atoms with Crippen LogP contribution in [0.1, 0.15) is 17.2 Å². The molecule has 2 aliphatic heterocycles. The molecule has 0 aromatic heterocycles. The first-order valence-electron chi connectivity index (χ1n) is 7.05. The first-order valence-corrected chi connectivity index (χ1v) is 7.05. The number of methoxy groups -OCH3 is 1. The van der Waals surface area contributed by atoms with Gasteiger partial charge in [-0.2, -0.15) is 0 Å². The summed E-state index contributed by atoms with van der Waals surface area (Å²) in [6, 6.07) is 9.20. The molecule has 0 amide bonds. The molecule has 2 heterocycles. The van der Waals surface area contributed by atoms with Gasteiger partial charge in [0.25, 0.3) is 0 Å². The van der Waals surface area contributed by atoms with E-state index in [0.29, 0.717) is 6.04 Å². The second-order valence-electron chi connectivity index (χ2n) is 5.25. The van der Waals surface area contributed by atoms with Crippen molar-refractivity contribution in [2.24, 2.45) is 0 Å². The van der Waals surface area contributed by atoms with Crippen LogP contribution in [-0.4, -0.2) is 51.1 Å². The van der Waals surface area contributed by atoms with E-state index in [4.69, 9.17) is 9.47 Å². The molecule has 0 bridgehead atoms. The Balaban J connectivity index is 1.67. The highest BCUT2D eigenvalue weighted by Crippen LogP contribution is 2.24. The Bertz CT molecular complexity index is 424. The number of hydrogen-bond acceptors (Lipinski definition) is 4. The minimum absolute atomic E-state index is 0.0763. The third-order valence-electron chi connectivity index (χ3n) is 4.04. The monoisotopic (exact) mass is 262 g/mol.